The largest absolute Gasteiger partial charge is 0.343 e. The number of pyridine rings is 1. The minimum atomic E-state index is -3.65. The third-order valence-corrected chi connectivity index (χ3v) is 6.53. The Labute approximate surface area is 165 Å². The van der Waals surface area contributed by atoms with Gasteiger partial charge in [0.1, 0.15) is 0 Å². The minimum Gasteiger partial charge on any atom is -0.343 e. The Morgan fingerprint density at radius 3 is 2.29 bits per heavy atom. The van der Waals surface area contributed by atoms with Crippen molar-refractivity contribution < 1.29 is 13.2 Å². The van der Waals surface area contributed by atoms with Gasteiger partial charge in [-0.25, -0.2) is 13.4 Å². The van der Waals surface area contributed by atoms with Crippen LogP contribution in [0.1, 0.15) is 20.3 Å². The number of sulfone groups is 1. The van der Waals surface area contributed by atoms with E-state index < -0.39 is 9.84 Å². The first-order chi connectivity index (χ1) is 13.5. The highest BCUT2D eigenvalue weighted by Crippen LogP contribution is 2.28. The number of nitrogens with zero attached hydrogens (tertiary/aromatic N) is 2. The average Bonchev–Trinajstić information content (AvgIpc) is 2.73. The van der Waals surface area contributed by atoms with E-state index in [0.717, 1.165) is 5.56 Å². The standard InChI is InChI=1S/C22H24N2O3S/c1-3-24(4-2)22(25)14-15-28(26,27)21-16-20(17-10-6-5-7-11-17)23-19-13-9-8-12-18(19)21/h5-13,16H,3-4,14-15H2,1-2H3. The molecule has 146 valence electrons. The van der Waals surface area contributed by atoms with E-state index in [1.54, 1.807) is 23.1 Å². The maximum atomic E-state index is 13.1. The van der Waals surface area contributed by atoms with Crippen molar-refractivity contribution in [2.45, 2.75) is 25.2 Å². The summed E-state index contributed by atoms with van der Waals surface area (Å²) in [6.07, 6.45) is -0.0265. The molecule has 0 aliphatic carbocycles. The second-order valence-electron chi connectivity index (χ2n) is 6.52. The number of para-hydroxylation sites is 1. The lowest BCUT2D eigenvalue weighted by atomic mass is 10.1. The van der Waals surface area contributed by atoms with Crippen molar-refractivity contribution in [2.24, 2.45) is 0 Å². The van der Waals surface area contributed by atoms with Crippen LogP contribution in [0, 0.1) is 0 Å². The number of rotatable bonds is 7. The Kier molecular flexibility index (Phi) is 6.09. The van der Waals surface area contributed by atoms with Crippen molar-refractivity contribution in [3.8, 4) is 11.3 Å². The molecule has 0 unspecified atom stereocenters. The molecule has 5 nitrogen and oxygen atoms in total. The third-order valence-electron chi connectivity index (χ3n) is 4.78. The van der Waals surface area contributed by atoms with Gasteiger partial charge in [0.15, 0.2) is 9.84 Å². The van der Waals surface area contributed by atoms with Crippen molar-refractivity contribution in [1.29, 1.82) is 0 Å². The summed E-state index contributed by atoms with van der Waals surface area (Å²) >= 11 is 0. The van der Waals surface area contributed by atoms with Crippen molar-refractivity contribution in [2.75, 3.05) is 18.8 Å². The summed E-state index contributed by atoms with van der Waals surface area (Å²) in [5, 5.41) is 0.581. The zero-order valence-corrected chi connectivity index (χ0v) is 16.9. The number of carbonyl (C=O) groups is 1. The highest BCUT2D eigenvalue weighted by molar-refractivity contribution is 7.91. The number of hydrogen-bond donors (Lipinski definition) is 0. The van der Waals surface area contributed by atoms with Crippen molar-refractivity contribution in [1.82, 2.24) is 9.88 Å². The fourth-order valence-electron chi connectivity index (χ4n) is 3.22. The summed E-state index contributed by atoms with van der Waals surface area (Å²) in [6, 6.07) is 18.3. The molecule has 0 spiro atoms. The number of hydrogen-bond acceptors (Lipinski definition) is 4. The maximum absolute atomic E-state index is 13.1. The summed E-state index contributed by atoms with van der Waals surface area (Å²) in [5.74, 6) is -0.361. The first kappa shape index (κ1) is 20.0. The van der Waals surface area contributed by atoms with Crippen LogP contribution in [0.15, 0.2) is 65.6 Å². The topological polar surface area (TPSA) is 67.3 Å². The minimum absolute atomic E-state index is 0.0265. The van der Waals surface area contributed by atoms with E-state index >= 15 is 0 Å². The van der Waals surface area contributed by atoms with Crippen LogP contribution in [0.2, 0.25) is 0 Å². The number of fused-ring (bicyclic) bond motifs is 1. The van der Waals surface area contributed by atoms with Crippen molar-refractivity contribution in [3.63, 3.8) is 0 Å². The number of benzene rings is 2. The predicted molar refractivity (Wildman–Crippen MR) is 112 cm³/mol. The highest BCUT2D eigenvalue weighted by Gasteiger charge is 2.22. The number of amides is 1. The number of carbonyl (C=O) groups excluding carboxylic acids is 1. The Hall–Kier alpha value is -2.73. The molecule has 0 aliphatic heterocycles. The summed E-state index contributed by atoms with van der Waals surface area (Å²) in [6.45, 7) is 4.92. The highest BCUT2D eigenvalue weighted by atomic mass is 32.2. The summed E-state index contributed by atoms with van der Waals surface area (Å²) < 4.78 is 26.3. The molecule has 3 aromatic rings. The van der Waals surface area contributed by atoms with Gasteiger partial charge in [-0.2, -0.15) is 0 Å². The van der Waals surface area contributed by atoms with Gasteiger partial charge in [-0.3, -0.25) is 4.79 Å². The molecule has 3 rings (SSSR count). The van der Waals surface area contributed by atoms with Crippen LogP contribution in [-0.4, -0.2) is 43.1 Å². The van der Waals surface area contributed by atoms with E-state index in [4.69, 9.17) is 0 Å². The molecule has 0 saturated heterocycles. The molecule has 28 heavy (non-hydrogen) atoms. The summed E-state index contributed by atoms with van der Waals surface area (Å²) in [5.41, 5.74) is 2.08. The second-order valence-corrected chi connectivity index (χ2v) is 8.60. The lowest BCUT2D eigenvalue weighted by molar-refractivity contribution is -0.130. The van der Waals surface area contributed by atoms with E-state index in [2.05, 4.69) is 4.98 Å². The zero-order valence-electron chi connectivity index (χ0n) is 16.1. The van der Waals surface area contributed by atoms with Crippen LogP contribution in [-0.2, 0) is 14.6 Å². The van der Waals surface area contributed by atoms with E-state index in [1.165, 1.54) is 0 Å². The first-order valence-electron chi connectivity index (χ1n) is 9.42. The van der Waals surface area contributed by atoms with Gasteiger partial charge in [0.2, 0.25) is 5.91 Å². The smallest absolute Gasteiger partial charge is 0.223 e. The predicted octanol–water partition coefficient (Wildman–Crippen LogP) is 3.93. The van der Waals surface area contributed by atoms with Crippen molar-refractivity contribution >= 4 is 26.6 Å². The summed E-state index contributed by atoms with van der Waals surface area (Å²) in [7, 11) is -3.65. The van der Waals surface area contributed by atoms with Crippen LogP contribution >= 0.6 is 0 Å². The molecule has 0 saturated carbocycles. The van der Waals surface area contributed by atoms with Crippen molar-refractivity contribution in [3.05, 3.63) is 60.7 Å². The molecule has 2 aromatic carbocycles. The molecule has 0 radical (unpaired) electrons. The monoisotopic (exact) mass is 396 g/mol. The van der Waals surface area contributed by atoms with Crippen LogP contribution in [0.4, 0.5) is 0 Å². The lowest BCUT2D eigenvalue weighted by Gasteiger charge is -2.18. The number of aromatic nitrogens is 1. The maximum Gasteiger partial charge on any atom is 0.223 e. The van der Waals surface area contributed by atoms with E-state index in [1.807, 2.05) is 56.3 Å². The third kappa shape index (κ3) is 4.22. The van der Waals surface area contributed by atoms with Crippen LogP contribution < -0.4 is 0 Å². The Bertz CT molecular complexity index is 1080. The molecule has 0 N–H and O–H groups in total. The van der Waals surface area contributed by atoms with E-state index in [9.17, 15) is 13.2 Å². The first-order valence-corrected chi connectivity index (χ1v) is 11.1. The van der Waals surface area contributed by atoms with Gasteiger partial charge in [-0.1, -0.05) is 48.5 Å². The van der Waals surface area contributed by atoms with E-state index in [0.29, 0.717) is 29.7 Å². The molecule has 1 heterocycles. The second kappa shape index (κ2) is 8.52. The molecule has 0 atom stereocenters. The molecule has 0 aliphatic rings. The van der Waals surface area contributed by atoms with Gasteiger partial charge < -0.3 is 4.90 Å². The SMILES string of the molecule is CCN(CC)C(=O)CCS(=O)(=O)c1cc(-c2ccccc2)nc2ccccc12. The molecule has 1 amide bonds. The molecular formula is C22H24N2O3S. The molecule has 0 fully saturated rings. The quantitative estimate of drug-likeness (QED) is 0.607. The Morgan fingerprint density at radius 1 is 0.964 bits per heavy atom. The fourth-order valence-corrected chi connectivity index (χ4v) is 4.69. The summed E-state index contributed by atoms with van der Waals surface area (Å²) in [4.78, 5) is 18.8. The Morgan fingerprint density at radius 2 is 1.61 bits per heavy atom. The molecule has 6 heteroatoms. The van der Waals surface area contributed by atoms with Gasteiger partial charge in [0, 0.05) is 30.5 Å². The lowest BCUT2D eigenvalue weighted by Crippen LogP contribution is -2.31. The van der Waals surface area contributed by atoms with Gasteiger partial charge in [0.05, 0.1) is 21.9 Å². The molecule has 1 aromatic heterocycles. The van der Waals surface area contributed by atoms with Gasteiger partial charge in [-0.15, -0.1) is 0 Å². The fraction of sp³-hybridized carbons (Fsp3) is 0.273. The van der Waals surface area contributed by atoms with Crippen LogP contribution in [0.5, 0.6) is 0 Å². The van der Waals surface area contributed by atoms with Gasteiger partial charge in [0.25, 0.3) is 0 Å². The van der Waals surface area contributed by atoms with E-state index in [-0.39, 0.29) is 23.0 Å². The van der Waals surface area contributed by atoms with Gasteiger partial charge in [-0.05, 0) is 26.0 Å². The van der Waals surface area contributed by atoms with Crippen LogP contribution in [0.3, 0.4) is 0 Å². The zero-order chi connectivity index (χ0) is 20.1. The average molecular weight is 397 g/mol. The van der Waals surface area contributed by atoms with Gasteiger partial charge >= 0.3 is 0 Å². The molecular weight excluding hydrogens is 372 g/mol. The van der Waals surface area contributed by atoms with Crippen LogP contribution in [0.25, 0.3) is 22.2 Å². The normalized spacial score (nSPS) is 11.5. The molecule has 0 bridgehead atoms. The Balaban J connectivity index is 2.02.